The Morgan fingerprint density at radius 1 is 1.11 bits per heavy atom. The zero-order chi connectivity index (χ0) is 19.7. The van der Waals surface area contributed by atoms with Crippen LogP contribution in [0.25, 0.3) is 0 Å². The number of amides is 2. The van der Waals surface area contributed by atoms with Crippen molar-refractivity contribution in [2.45, 2.75) is 32.2 Å². The van der Waals surface area contributed by atoms with Crippen molar-refractivity contribution in [3.63, 3.8) is 0 Å². The Morgan fingerprint density at radius 3 is 2.57 bits per heavy atom. The van der Waals surface area contributed by atoms with Crippen molar-refractivity contribution in [1.29, 1.82) is 0 Å². The van der Waals surface area contributed by atoms with Crippen molar-refractivity contribution in [2.75, 3.05) is 23.0 Å². The molecular weight excluding hydrogens is 356 g/mol. The summed E-state index contributed by atoms with van der Waals surface area (Å²) >= 11 is 0. The van der Waals surface area contributed by atoms with Gasteiger partial charge in [0, 0.05) is 30.4 Å². The van der Waals surface area contributed by atoms with Crippen molar-refractivity contribution >= 4 is 29.2 Å². The summed E-state index contributed by atoms with van der Waals surface area (Å²) in [6.07, 6.45) is 2.21. The molecule has 1 atom stereocenters. The third kappa shape index (κ3) is 3.38. The summed E-state index contributed by atoms with van der Waals surface area (Å²) in [7, 11) is 0. The Labute approximate surface area is 163 Å². The lowest BCUT2D eigenvalue weighted by Gasteiger charge is -2.22. The molecule has 0 radical (unpaired) electrons. The van der Waals surface area contributed by atoms with E-state index >= 15 is 0 Å². The summed E-state index contributed by atoms with van der Waals surface area (Å²) < 4.78 is 5.24. The molecule has 4 rings (SSSR count). The topological polar surface area (TPSA) is 66.9 Å². The number of fused-ring (bicyclic) bond motifs is 1. The summed E-state index contributed by atoms with van der Waals surface area (Å²) in [5.41, 5.74) is 3.15. The molecule has 2 aromatic rings. The minimum absolute atomic E-state index is 0.0425. The number of anilines is 2. The standard InChI is InChI=1S/C22H22N2O4/c1-15-13-17-5-2-3-6-19(17)24(15)21(26)14-28-22(27)16-8-10-18(11-9-16)23-12-4-7-20(23)25/h2-3,5-6,8-11,15H,4,7,12-14H2,1H3/t15-/m0/s1. The van der Waals surface area contributed by atoms with Gasteiger partial charge in [-0.3, -0.25) is 9.59 Å². The first-order valence-corrected chi connectivity index (χ1v) is 9.52. The summed E-state index contributed by atoms with van der Waals surface area (Å²) in [4.78, 5) is 40.2. The first kappa shape index (κ1) is 18.2. The van der Waals surface area contributed by atoms with Gasteiger partial charge in [0.2, 0.25) is 5.91 Å². The Balaban J connectivity index is 1.38. The molecule has 2 heterocycles. The van der Waals surface area contributed by atoms with Gasteiger partial charge in [-0.2, -0.15) is 0 Å². The number of nitrogens with zero attached hydrogens (tertiary/aromatic N) is 2. The van der Waals surface area contributed by atoms with Crippen LogP contribution in [-0.4, -0.2) is 37.0 Å². The van der Waals surface area contributed by atoms with Gasteiger partial charge in [0.1, 0.15) is 0 Å². The highest BCUT2D eigenvalue weighted by atomic mass is 16.5. The minimum Gasteiger partial charge on any atom is -0.452 e. The lowest BCUT2D eigenvalue weighted by Crippen LogP contribution is -2.38. The van der Waals surface area contributed by atoms with Gasteiger partial charge < -0.3 is 14.5 Å². The van der Waals surface area contributed by atoms with E-state index in [9.17, 15) is 14.4 Å². The van der Waals surface area contributed by atoms with Gasteiger partial charge in [0.25, 0.3) is 5.91 Å². The molecular formula is C22H22N2O4. The number of carbonyl (C=O) groups is 3. The van der Waals surface area contributed by atoms with Crippen LogP contribution in [0.15, 0.2) is 48.5 Å². The fourth-order valence-electron chi connectivity index (χ4n) is 3.92. The molecule has 0 aromatic heterocycles. The minimum atomic E-state index is -0.548. The summed E-state index contributed by atoms with van der Waals surface area (Å²) in [6.45, 7) is 2.38. The fourth-order valence-corrected chi connectivity index (χ4v) is 3.92. The quantitative estimate of drug-likeness (QED) is 0.767. The number of hydrogen-bond acceptors (Lipinski definition) is 4. The Morgan fingerprint density at radius 2 is 1.86 bits per heavy atom. The fraction of sp³-hybridized carbons (Fsp3) is 0.318. The largest absolute Gasteiger partial charge is 0.452 e. The number of esters is 1. The monoisotopic (exact) mass is 378 g/mol. The average molecular weight is 378 g/mol. The molecule has 6 nitrogen and oxygen atoms in total. The van der Waals surface area contributed by atoms with E-state index in [0.717, 1.165) is 29.8 Å². The smallest absolute Gasteiger partial charge is 0.338 e. The van der Waals surface area contributed by atoms with Gasteiger partial charge in [-0.15, -0.1) is 0 Å². The van der Waals surface area contributed by atoms with E-state index in [4.69, 9.17) is 4.74 Å². The number of carbonyl (C=O) groups excluding carboxylic acids is 3. The SMILES string of the molecule is C[C@H]1Cc2ccccc2N1C(=O)COC(=O)c1ccc(N2CCCC2=O)cc1. The highest BCUT2D eigenvalue weighted by molar-refractivity contribution is 5.99. The van der Waals surface area contributed by atoms with Crippen LogP contribution in [0, 0.1) is 0 Å². The lowest BCUT2D eigenvalue weighted by molar-refractivity contribution is -0.122. The zero-order valence-electron chi connectivity index (χ0n) is 15.8. The van der Waals surface area contributed by atoms with E-state index in [1.165, 1.54) is 0 Å². The van der Waals surface area contributed by atoms with Crippen LogP contribution >= 0.6 is 0 Å². The molecule has 1 fully saturated rings. The summed E-state index contributed by atoms with van der Waals surface area (Å²) in [5, 5.41) is 0. The third-order valence-corrected chi connectivity index (χ3v) is 5.29. The maximum atomic E-state index is 12.6. The molecule has 2 aromatic carbocycles. The average Bonchev–Trinajstić information content (AvgIpc) is 3.28. The van der Waals surface area contributed by atoms with Crippen LogP contribution in [0.3, 0.4) is 0 Å². The number of para-hydroxylation sites is 1. The van der Waals surface area contributed by atoms with Gasteiger partial charge in [-0.05, 0) is 55.7 Å². The Hall–Kier alpha value is -3.15. The normalized spacial score (nSPS) is 18.3. The lowest BCUT2D eigenvalue weighted by atomic mass is 10.1. The predicted octanol–water partition coefficient (Wildman–Crippen LogP) is 2.95. The number of ether oxygens (including phenoxy) is 1. The molecule has 2 amide bonds. The zero-order valence-corrected chi connectivity index (χ0v) is 15.8. The highest BCUT2D eigenvalue weighted by Crippen LogP contribution is 2.31. The van der Waals surface area contributed by atoms with Gasteiger partial charge in [0.05, 0.1) is 5.56 Å². The van der Waals surface area contributed by atoms with E-state index in [2.05, 4.69) is 0 Å². The molecule has 0 spiro atoms. The molecule has 28 heavy (non-hydrogen) atoms. The van der Waals surface area contributed by atoms with Crippen molar-refractivity contribution in [1.82, 2.24) is 0 Å². The molecule has 0 unspecified atom stereocenters. The molecule has 6 heteroatoms. The molecule has 2 aliphatic heterocycles. The molecule has 1 saturated heterocycles. The summed E-state index contributed by atoms with van der Waals surface area (Å²) in [6, 6.07) is 14.5. The molecule has 0 aliphatic carbocycles. The van der Waals surface area contributed by atoms with E-state index in [0.29, 0.717) is 18.5 Å². The van der Waals surface area contributed by atoms with Gasteiger partial charge in [-0.25, -0.2) is 4.79 Å². The molecule has 0 bridgehead atoms. The number of rotatable bonds is 4. The summed E-state index contributed by atoms with van der Waals surface area (Å²) in [5.74, 6) is -0.682. The Bertz CT molecular complexity index is 922. The van der Waals surface area contributed by atoms with Crippen LogP contribution in [0.4, 0.5) is 11.4 Å². The maximum Gasteiger partial charge on any atom is 0.338 e. The number of hydrogen-bond donors (Lipinski definition) is 0. The van der Waals surface area contributed by atoms with Gasteiger partial charge >= 0.3 is 5.97 Å². The second-order valence-corrected chi connectivity index (χ2v) is 7.22. The van der Waals surface area contributed by atoms with E-state index in [1.54, 1.807) is 34.1 Å². The van der Waals surface area contributed by atoms with Crippen molar-refractivity contribution in [3.8, 4) is 0 Å². The van der Waals surface area contributed by atoms with E-state index in [1.807, 2.05) is 31.2 Å². The van der Waals surface area contributed by atoms with E-state index in [-0.39, 0.29) is 24.5 Å². The molecule has 0 saturated carbocycles. The first-order chi connectivity index (χ1) is 13.5. The predicted molar refractivity (Wildman–Crippen MR) is 105 cm³/mol. The number of benzene rings is 2. The second-order valence-electron chi connectivity index (χ2n) is 7.22. The van der Waals surface area contributed by atoms with Crippen molar-refractivity contribution < 1.29 is 19.1 Å². The van der Waals surface area contributed by atoms with Crippen LogP contribution in [0.1, 0.15) is 35.7 Å². The van der Waals surface area contributed by atoms with Crippen molar-refractivity contribution in [2.24, 2.45) is 0 Å². The van der Waals surface area contributed by atoms with Crippen LogP contribution < -0.4 is 9.80 Å². The van der Waals surface area contributed by atoms with Gasteiger partial charge in [0.15, 0.2) is 6.61 Å². The maximum absolute atomic E-state index is 12.6. The molecule has 0 N–H and O–H groups in total. The second kappa shape index (κ2) is 7.46. The molecule has 2 aliphatic rings. The third-order valence-electron chi connectivity index (χ3n) is 5.29. The Kier molecular flexibility index (Phi) is 4.86. The van der Waals surface area contributed by atoms with Crippen molar-refractivity contribution in [3.05, 3.63) is 59.7 Å². The van der Waals surface area contributed by atoms with E-state index < -0.39 is 5.97 Å². The molecule has 144 valence electrons. The van der Waals surface area contributed by atoms with Crippen LogP contribution in [-0.2, 0) is 20.7 Å². The van der Waals surface area contributed by atoms with Crippen LogP contribution in [0.2, 0.25) is 0 Å². The van der Waals surface area contributed by atoms with Gasteiger partial charge in [-0.1, -0.05) is 18.2 Å². The first-order valence-electron chi connectivity index (χ1n) is 9.52. The van der Waals surface area contributed by atoms with Crippen LogP contribution in [0.5, 0.6) is 0 Å². The highest BCUT2D eigenvalue weighted by Gasteiger charge is 2.31.